The lowest BCUT2D eigenvalue weighted by Gasteiger charge is -2.38. The van der Waals surface area contributed by atoms with Gasteiger partial charge < -0.3 is 10.4 Å². The van der Waals surface area contributed by atoms with Gasteiger partial charge in [0.1, 0.15) is 0 Å². The summed E-state index contributed by atoms with van der Waals surface area (Å²) in [5, 5.41) is 12.8. The van der Waals surface area contributed by atoms with Gasteiger partial charge in [-0.15, -0.1) is 0 Å². The summed E-state index contributed by atoms with van der Waals surface area (Å²) in [6.45, 7) is 4.70. The molecule has 1 aliphatic heterocycles. The molecule has 2 fully saturated rings. The number of hydrogen-bond acceptors (Lipinski definition) is 3. The van der Waals surface area contributed by atoms with Crippen LogP contribution in [-0.4, -0.2) is 47.8 Å². The zero-order valence-corrected chi connectivity index (χ0v) is 10.5. The predicted molar refractivity (Wildman–Crippen MR) is 66.5 cm³/mol. The molecule has 1 heterocycles. The Hall–Kier alpha value is -0.120. The number of nitrogens with one attached hydrogen (secondary N) is 1. The molecule has 1 aliphatic carbocycles. The van der Waals surface area contributed by atoms with Crippen LogP contribution in [0.3, 0.4) is 0 Å². The zero-order valence-electron chi connectivity index (χ0n) is 10.5. The first-order chi connectivity index (χ1) is 7.81. The van der Waals surface area contributed by atoms with Crippen molar-refractivity contribution in [3.8, 4) is 0 Å². The third-order valence-corrected chi connectivity index (χ3v) is 4.26. The molecule has 94 valence electrons. The van der Waals surface area contributed by atoms with Gasteiger partial charge in [0.25, 0.3) is 0 Å². The highest BCUT2D eigenvalue weighted by molar-refractivity contribution is 4.86. The highest BCUT2D eigenvalue weighted by Crippen LogP contribution is 2.25. The average molecular weight is 226 g/mol. The van der Waals surface area contributed by atoms with Gasteiger partial charge >= 0.3 is 0 Å². The molecule has 0 aromatic heterocycles. The van der Waals surface area contributed by atoms with Crippen LogP contribution < -0.4 is 5.32 Å². The second-order valence-corrected chi connectivity index (χ2v) is 5.46. The summed E-state index contributed by atoms with van der Waals surface area (Å²) in [5.41, 5.74) is 0. The van der Waals surface area contributed by atoms with Gasteiger partial charge in [0.15, 0.2) is 0 Å². The van der Waals surface area contributed by atoms with Crippen LogP contribution in [0.25, 0.3) is 0 Å². The van der Waals surface area contributed by atoms with Crippen LogP contribution in [0.4, 0.5) is 0 Å². The minimum Gasteiger partial charge on any atom is -0.395 e. The molecule has 0 amide bonds. The number of nitrogens with zero attached hydrogens (tertiary/aromatic N) is 1. The standard InChI is InChI=1S/C13H26N2O/c1-11-7-8-14-12(10-16)9-15(11)13-5-3-2-4-6-13/h11-14,16H,2-10H2,1H3. The quantitative estimate of drug-likeness (QED) is 0.746. The van der Waals surface area contributed by atoms with E-state index in [0.29, 0.717) is 6.04 Å². The zero-order chi connectivity index (χ0) is 11.4. The Morgan fingerprint density at radius 2 is 1.94 bits per heavy atom. The van der Waals surface area contributed by atoms with Gasteiger partial charge in [-0.1, -0.05) is 19.3 Å². The second-order valence-electron chi connectivity index (χ2n) is 5.46. The lowest BCUT2D eigenvalue weighted by molar-refractivity contribution is 0.0990. The van der Waals surface area contributed by atoms with Crippen molar-refractivity contribution in [3.05, 3.63) is 0 Å². The normalized spacial score (nSPS) is 34.9. The molecule has 3 nitrogen and oxygen atoms in total. The van der Waals surface area contributed by atoms with Gasteiger partial charge in [0.2, 0.25) is 0 Å². The topological polar surface area (TPSA) is 35.5 Å². The van der Waals surface area contributed by atoms with Crippen LogP contribution in [0.5, 0.6) is 0 Å². The van der Waals surface area contributed by atoms with Crippen LogP contribution in [-0.2, 0) is 0 Å². The van der Waals surface area contributed by atoms with E-state index in [0.717, 1.165) is 19.1 Å². The van der Waals surface area contributed by atoms with Gasteiger partial charge in [0.05, 0.1) is 6.61 Å². The van der Waals surface area contributed by atoms with Crippen molar-refractivity contribution in [3.63, 3.8) is 0 Å². The van der Waals surface area contributed by atoms with E-state index < -0.39 is 0 Å². The number of hydrogen-bond donors (Lipinski definition) is 2. The van der Waals surface area contributed by atoms with Gasteiger partial charge in [0, 0.05) is 24.7 Å². The van der Waals surface area contributed by atoms with Crippen LogP contribution in [0.15, 0.2) is 0 Å². The fraction of sp³-hybridized carbons (Fsp3) is 1.00. The average Bonchev–Trinajstić information content (AvgIpc) is 2.52. The van der Waals surface area contributed by atoms with Crippen molar-refractivity contribution in [1.82, 2.24) is 10.2 Å². The summed E-state index contributed by atoms with van der Waals surface area (Å²) in [7, 11) is 0. The molecule has 1 saturated carbocycles. The van der Waals surface area contributed by atoms with Crippen molar-refractivity contribution < 1.29 is 5.11 Å². The molecule has 0 aromatic rings. The van der Waals surface area contributed by atoms with Crippen molar-refractivity contribution in [2.75, 3.05) is 19.7 Å². The van der Waals surface area contributed by atoms with E-state index in [1.54, 1.807) is 0 Å². The first-order valence-corrected chi connectivity index (χ1v) is 6.91. The molecular formula is C13H26N2O. The van der Waals surface area contributed by atoms with E-state index >= 15 is 0 Å². The van der Waals surface area contributed by atoms with Gasteiger partial charge in [-0.25, -0.2) is 0 Å². The third-order valence-electron chi connectivity index (χ3n) is 4.26. The van der Waals surface area contributed by atoms with Crippen LogP contribution in [0, 0.1) is 0 Å². The molecule has 1 saturated heterocycles. The number of aliphatic hydroxyl groups is 1. The van der Waals surface area contributed by atoms with E-state index in [4.69, 9.17) is 0 Å². The summed E-state index contributed by atoms with van der Waals surface area (Å²) in [5.74, 6) is 0. The van der Waals surface area contributed by atoms with Crippen molar-refractivity contribution >= 4 is 0 Å². The summed E-state index contributed by atoms with van der Waals surface area (Å²) in [6, 6.07) is 1.73. The molecule has 2 unspecified atom stereocenters. The van der Waals surface area contributed by atoms with Crippen molar-refractivity contribution in [2.24, 2.45) is 0 Å². The maximum absolute atomic E-state index is 9.33. The maximum Gasteiger partial charge on any atom is 0.0597 e. The molecule has 2 N–H and O–H groups in total. The minimum atomic E-state index is 0.274. The minimum absolute atomic E-state index is 0.274. The monoisotopic (exact) mass is 226 g/mol. The Morgan fingerprint density at radius 3 is 2.62 bits per heavy atom. The Labute approximate surface area is 99.2 Å². The molecule has 2 atom stereocenters. The molecule has 2 aliphatic rings. The summed E-state index contributed by atoms with van der Waals surface area (Å²) in [6.07, 6.45) is 8.15. The molecule has 0 radical (unpaired) electrons. The summed E-state index contributed by atoms with van der Waals surface area (Å²) in [4.78, 5) is 2.65. The Balaban J connectivity index is 1.97. The van der Waals surface area contributed by atoms with Crippen molar-refractivity contribution in [2.45, 2.75) is 63.6 Å². The first-order valence-electron chi connectivity index (χ1n) is 6.91. The van der Waals surface area contributed by atoms with Crippen molar-refractivity contribution in [1.29, 1.82) is 0 Å². The summed E-state index contributed by atoms with van der Waals surface area (Å²) >= 11 is 0. The SMILES string of the molecule is CC1CCNC(CO)CN1C1CCCCC1. The molecule has 16 heavy (non-hydrogen) atoms. The molecule has 2 rings (SSSR count). The van der Waals surface area contributed by atoms with Crippen LogP contribution >= 0.6 is 0 Å². The fourth-order valence-electron chi connectivity index (χ4n) is 3.21. The molecule has 3 heteroatoms. The first kappa shape index (κ1) is 12.3. The van der Waals surface area contributed by atoms with E-state index in [1.165, 1.54) is 38.5 Å². The smallest absolute Gasteiger partial charge is 0.0597 e. The fourth-order valence-corrected chi connectivity index (χ4v) is 3.21. The largest absolute Gasteiger partial charge is 0.395 e. The van der Waals surface area contributed by atoms with Crippen LogP contribution in [0.2, 0.25) is 0 Å². The lowest BCUT2D eigenvalue weighted by atomic mass is 9.93. The van der Waals surface area contributed by atoms with E-state index in [-0.39, 0.29) is 12.6 Å². The summed E-state index contributed by atoms with van der Waals surface area (Å²) < 4.78 is 0. The number of rotatable bonds is 2. The Kier molecular flexibility index (Phi) is 4.62. The molecule has 0 spiro atoms. The Morgan fingerprint density at radius 1 is 1.19 bits per heavy atom. The van der Waals surface area contributed by atoms with Crippen LogP contribution in [0.1, 0.15) is 45.4 Å². The van der Waals surface area contributed by atoms with E-state index in [9.17, 15) is 5.11 Å². The second kappa shape index (κ2) is 5.99. The molecule has 0 bridgehead atoms. The van der Waals surface area contributed by atoms with Gasteiger partial charge in [-0.3, -0.25) is 4.90 Å². The van der Waals surface area contributed by atoms with E-state index in [2.05, 4.69) is 17.1 Å². The van der Waals surface area contributed by atoms with E-state index in [1.807, 2.05) is 0 Å². The highest BCUT2D eigenvalue weighted by Gasteiger charge is 2.29. The Bertz CT molecular complexity index is 204. The van der Waals surface area contributed by atoms with Gasteiger partial charge in [-0.05, 0) is 32.7 Å². The highest BCUT2D eigenvalue weighted by atomic mass is 16.3. The molecule has 0 aromatic carbocycles. The predicted octanol–water partition coefficient (Wildman–Crippen LogP) is 1.36. The third kappa shape index (κ3) is 2.96. The maximum atomic E-state index is 9.33. The number of aliphatic hydroxyl groups excluding tert-OH is 1. The van der Waals surface area contributed by atoms with Gasteiger partial charge in [-0.2, -0.15) is 0 Å². The lowest BCUT2D eigenvalue weighted by Crippen LogP contribution is -2.47. The molecular weight excluding hydrogens is 200 g/mol.